The number of rotatable bonds is 10. The third-order valence-corrected chi connectivity index (χ3v) is 10.4. The number of carbonyl (C=O) groups excluding carboxylic acids is 1. The van der Waals surface area contributed by atoms with Crippen molar-refractivity contribution in [2.45, 2.75) is 48.5 Å². The third-order valence-electron chi connectivity index (χ3n) is 6.49. The van der Waals surface area contributed by atoms with Crippen LogP contribution in [0.5, 0.6) is 5.88 Å². The predicted octanol–water partition coefficient (Wildman–Crippen LogP) is 3.77. The summed E-state index contributed by atoms with van der Waals surface area (Å²) in [4.78, 5) is 32.9. The van der Waals surface area contributed by atoms with E-state index in [1.807, 2.05) is 11.4 Å². The summed E-state index contributed by atoms with van der Waals surface area (Å²) in [5, 5.41) is 12.7. The van der Waals surface area contributed by atoms with Crippen molar-refractivity contribution in [3.8, 4) is 5.88 Å². The molecule has 40 heavy (non-hydrogen) atoms. The van der Waals surface area contributed by atoms with Gasteiger partial charge in [-0.05, 0) is 57.0 Å². The van der Waals surface area contributed by atoms with E-state index in [0.29, 0.717) is 44.8 Å². The molecule has 14 heteroatoms. The van der Waals surface area contributed by atoms with Gasteiger partial charge in [0.2, 0.25) is 5.88 Å². The number of piperidine rings is 1. The number of hydrogen-bond acceptors (Lipinski definition) is 12. The van der Waals surface area contributed by atoms with Crippen molar-refractivity contribution in [2.75, 3.05) is 18.4 Å². The molecular formula is C26H26N6O5S3. The van der Waals surface area contributed by atoms with Gasteiger partial charge < -0.3 is 14.9 Å². The Bertz CT molecular complexity index is 1630. The molecule has 0 unspecified atom stereocenters. The first kappa shape index (κ1) is 26.7. The molecule has 1 aliphatic heterocycles. The Labute approximate surface area is 238 Å². The monoisotopic (exact) mass is 598 g/mol. The summed E-state index contributed by atoms with van der Waals surface area (Å²) in [7, 11) is -3.36. The summed E-state index contributed by atoms with van der Waals surface area (Å²) in [6.07, 6.45) is 4.96. The molecular weight excluding hydrogens is 573 g/mol. The van der Waals surface area contributed by atoms with E-state index in [9.17, 15) is 13.2 Å². The van der Waals surface area contributed by atoms with Gasteiger partial charge in [0.1, 0.15) is 21.5 Å². The van der Waals surface area contributed by atoms with Gasteiger partial charge >= 0.3 is 0 Å². The minimum Gasteiger partial charge on any atom is -0.474 e. The summed E-state index contributed by atoms with van der Waals surface area (Å²) < 4.78 is 31.3. The van der Waals surface area contributed by atoms with Crippen LogP contribution >= 0.6 is 22.7 Å². The summed E-state index contributed by atoms with van der Waals surface area (Å²) in [6, 6.07) is 9.72. The van der Waals surface area contributed by atoms with E-state index in [1.54, 1.807) is 24.4 Å². The average Bonchev–Trinajstić information content (AvgIpc) is 3.57. The Morgan fingerprint density at radius 3 is 2.60 bits per heavy atom. The number of oxime groups is 1. The maximum atomic E-state index is 13.4. The first-order valence-corrected chi connectivity index (χ1v) is 16.1. The van der Waals surface area contributed by atoms with Gasteiger partial charge in [-0.2, -0.15) is 0 Å². The zero-order valence-corrected chi connectivity index (χ0v) is 23.7. The van der Waals surface area contributed by atoms with E-state index in [2.05, 4.69) is 30.7 Å². The maximum absolute atomic E-state index is 13.4. The van der Waals surface area contributed by atoms with E-state index < -0.39 is 15.7 Å². The lowest BCUT2D eigenvalue weighted by atomic mass is 10.1. The Morgan fingerprint density at radius 1 is 1.07 bits per heavy atom. The lowest BCUT2D eigenvalue weighted by Gasteiger charge is -2.23. The van der Waals surface area contributed by atoms with Crippen LogP contribution in [0.3, 0.4) is 0 Å². The number of aromatic nitrogens is 3. The molecule has 1 aromatic carbocycles. The van der Waals surface area contributed by atoms with Crippen LogP contribution in [0, 0.1) is 0 Å². The van der Waals surface area contributed by atoms with Crippen molar-refractivity contribution in [1.82, 2.24) is 20.3 Å². The van der Waals surface area contributed by atoms with Crippen LogP contribution in [0.4, 0.5) is 5.13 Å². The van der Waals surface area contributed by atoms with E-state index in [4.69, 9.17) is 9.57 Å². The molecule has 208 valence electrons. The van der Waals surface area contributed by atoms with Gasteiger partial charge in [0, 0.05) is 23.2 Å². The number of carbonyl (C=O) groups is 1. The molecule has 2 N–H and O–H groups in total. The Hall–Kier alpha value is -3.46. The first-order valence-electron chi connectivity index (χ1n) is 12.8. The van der Waals surface area contributed by atoms with Crippen LogP contribution in [0.25, 0.3) is 10.3 Å². The molecule has 0 atom stereocenters. The number of amides is 1. The van der Waals surface area contributed by atoms with Crippen LogP contribution < -0.4 is 15.4 Å². The topological polar surface area (TPSA) is 145 Å². The fourth-order valence-electron chi connectivity index (χ4n) is 4.23. The molecule has 4 aromatic rings. The van der Waals surface area contributed by atoms with E-state index in [-0.39, 0.29) is 28.6 Å². The lowest BCUT2D eigenvalue weighted by Crippen LogP contribution is -2.34. The van der Waals surface area contributed by atoms with Crippen LogP contribution in [0.15, 0.2) is 58.0 Å². The van der Waals surface area contributed by atoms with Crippen LogP contribution in [-0.2, 0) is 26.1 Å². The van der Waals surface area contributed by atoms with Gasteiger partial charge in [0.25, 0.3) is 5.91 Å². The highest BCUT2D eigenvalue weighted by Gasteiger charge is 2.36. The second-order valence-electron chi connectivity index (χ2n) is 9.42. The van der Waals surface area contributed by atoms with Crippen molar-refractivity contribution in [3.63, 3.8) is 0 Å². The summed E-state index contributed by atoms with van der Waals surface area (Å²) in [5.74, 6) is -0.0258. The fraction of sp³-hybridized carbons (Fsp3) is 0.346. The molecule has 1 saturated heterocycles. The molecule has 11 nitrogen and oxygen atoms in total. The highest BCUT2D eigenvalue weighted by Crippen LogP contribution is 2.33. The Kier molecular flexibility index (Phi) is 7.74. The van der Waals surface area contributed by atoms with Gasteiger partial charge in [-0.3, -0.25) is 10.1 Å². The van der Waals surface area contributed by atoms with E-state index in [1.165, 1.54) is 34.8 Å². The first-order chi connectivity index (χ1) is 19.5. The summed E-state index contributed by atoms with van der Waals surface area (Å²) in [6.45, 7) is 1.92. The Morgan fingerprint density at radius 2 is 1.88 bits per heavy atom. The molecule has 1 amide bonds. The van der Waals surface area contributed by atoms with Crippen molar-refractivity contribution in [1.29, 1.82) is 0 Å². The second-order valence-corrected chi connectivity index (χ2v) is 13.6. The molecule has 1 saturated carbocycles. The van der Waals surface area contributed by atoms with Gasteiger partial charge in [-0.25, -0.2) is 23.4 Å². The van der Waals surface area contributed by atoms with Crippen molar-refractivity contribution < 1.29 is 22.8 Å². The minimum atomic E-state index is -3.36. The molecule has 6 rings (SSSR count). The standard InChI is InChI=1S/C26H26N6O5S3/c33-24(31-26-29-20-7-8-21(30-25(20)39-26)37-17-9-11-27-12-10-17)23(32-36-15-22-28-13-14-38-22)16-1-3-18(4-2-16)40(34,35)19-5-6-19/h1-4,7-8,13-14,17,19,27H,5-6,9-12,15H2,(H,29,31,33)/b32-23+. The predicted molar refractivity (Wildman–Crippen MR) is 153 cm³/mol. The van der Waals surface area contributed by atoms with Crippen LogP contribution in [0.2, 0.25) is 0 Å². The fourth-order valence-corrected chi connectivity index (χ4v) is 7.24. The SMILES string of the molecule is O=C(Nc1nc2ccc(OC3CCNCC3)nc2s1)/C(=N/OCc1nccs1)c1ccc(S(=O)(=O)C2CC2)cc1. The maximum Gasteiger partial charge on any atom is 0.280 e. The number of nitrogens with zero attached hydrogens (tertiary/aromatic N) is 4. The molecule has 2 fully saturated rings. The van der Waals surface area contributed by atoms with E-state index >= 15 is 0 Å². The zero-order valence-electron chi connectivity index (χ0n) is 21.3. The average molecular weight is 599 g/mol. The van der Waals surface area contributed by atoms with Crippen molar-refractivity contribution >= 4 is 59.6 Å². The molecule has 4 heterocycles. The smallest absolute Gasteiger partial charge is 0.280 e. The van der Waals surface area contributed by atoms with Crippen LogP contribution in [-0.4, -0.2) is 59.4 Å². The quantitative estimate of drug-likeness (QED) is 0.206. The normalized spacial score (nSPS) is 16.6. The largest absolute Gasteiger partial charge is 0.474 e. The second kappa shape index (κ2) is 11.6. The van der Waals surface area contributed by atoms with Gasteiger partial charge in [-0.1, -0.05) is 28.6 Å². The van der Waals surface area contributed by atoms with Crippen LogP contribution in [0.1, 0.15) is 36.3 Å². The molecule has 2 aliphatic rings. The zero-order chi connectivity index (χ0) is 27.5. The summed E-state index contributed by atoms with van der Waals surface area (Å²) >= 11 is 2.63. The number of nitrogens with one attached hydrogen (secondary N) is 2. The van der Waals surface area contributed by atoms with Gasteiger partial charge in [0.15, 0.2) is 27.3 Å². The number of sulfone groups is 1. The van der Waals surface area contributed by atoms with Gasteiger partial charge in [-0.15, -0.1) is 11.3 Å². The highest BCUT2D eigenvalue weighted by molar-refractivity contribution is 7.92. The van der Waals surface area contributed by atoms with Gasteiger partial charge in [0.05, 0.1) is 10.1 Å². The number of pyridine rings is 1. The number of benzene rings is 1. The molecule has 0 bridgehead atoms. The number of ether oxygens (including phenoxy) is 1. The van der Waals surface area contributed by atoms with E-state index in [0.717, 1.165) is 25.9 Å². The molecule has 3 aromatic heterocycles. The number of fused-ring (bicyclic) bond motifs is 1. The highest BCUT2D eigenvalue weighted by atomic mass is 32.2. The minimum absolute atomic E-state index is 0.0194. The number of hydrogen-bond donors (Lipinski definition) is 2. The third kappa shape index (κ3) is 6.14. The van der Waals surface area contributed by atoms with Crippen molar-refractivity contribution in [2.24, 2.45) is 5.16 Å². The Balaban J connectivity index is 1.21. The number of anilines is 1. The summed E-state index contributed by atoms with van der Waals surface area (Å²) in [5.41, 5.74) is 1.02. The lowest BCUT2D eigenvalue weighted by molar-refractivity contribution is -0.110. The molecule has 0 spiro atoms. The molecule has 1 aliphatic carbocycles. The molecule has 0 radical (unpaired) electrons. The van der Waals surface area contributed by atoms with Crippen molar-refractivity contribution in [3.05, 3.63) is 58.5 Å². The number of thiazole rings is 2.